The van der Waals surface area contributed by atoms with Crippen molar-refractivity contribution in [3.8, 4) is 0 Å². The molecule has 0 radical (unpaired) electrons. The number of amides is 1. The first-order valence-electron chi connectivity index (χ1n) is 3.79. The number of carbonyl (C=O) groups excluding carboxylic acids is 2. The fraction of sp³-hybridized carbons (Fsp3) is 0.333. The highest BCUT2D eigenvalue weighted by Crippen LogP contribution is 2.17. The maximum absolute atomic E-state index is 11.0. The number of hydrogen-bond acceptors (Lipinski definition) is 4. The third kappa shape index (κ3) is 3.02. The second-order valence-corrected chi connectivity index (χ2v) is 3.00. The van der Waals surface area contributed by atoms with Crippen LogP contribution in [-0.4, -0.2) is 22.8 Å². The minimum atomic E-state index is -2.10. The van der Waals surface area contributed by atoms with Gasteiger partial charge in [-0.1, -0.05) is 13.2 Å². The Balaban J connectivity index is 4.65. The molecule has 0 spiro atoms. The van der Waals surface area contributed by atoms with Crippen LogP contribution in [0.3, 0.4) is 0 Å². The lowest BCUT2D eigenvalue weighted by Gasteiger charge is -2.23. The largest absolute Gasteiger partial charge is 0.426 e. The van der Waals surface area contributed by atoms with Crippen LogP contribution in [0.15, 0.2) is 24.3 Å². The van der Waals surface area contributed by atoms with E-state index in [1.165, 1.54) is 6.92 Å². The van der Waals surface area contributed by atoms with Gasteiger partial charge in [0, 0.05) is 12.5 Å². The molecule has 0 bridgehead atoms. The molecule has 0 aliphatic rings. The Morgan fingerprint density at radius 1 is 1.43 bits per heavy atom. The van der Waals surface area contributed by atoms with E-state index in [1.807, 2.05) is 0 Å². The van der Waals surface area contributed by atoms with Crippen molar-refractivity contribution in [1.82, 2.24) is 0 Å². The smallest absolute Gasteiger partial charge is 0.335 e. The zero-order valence-electron chi connectivity index (χ0n) is 8.16. The van der Waals surface area contributed by atoms with Gasteiger partial charge in [0.1, 0.15) is 0 Å². The summed E-state index contributed by atoms with van der Waals surface area (Å²) in [5, 5.41) is 9.49. The Kier molecular flexibility index (Phi) is 3.59. The van der Waals surface area contributed by atoms with E-state index in [-0.39, 0.29) is 5.57 Å². The van der Waals surface area contributed by atoms with Gasteiger partial charge >= 0.3 is 5.97 Å². The number of primary amides is 1. The SMILES string of the molecule is C=C(C)C(=O)OC(C)(O)C(=C)C(N)=O. The third-order valence-corrected chi connectivity index (χ3v) is 1.50. The summed E-state index contributed by atoms with van der Waals surface area (Å²) in [6.45, 7) is 9.03. The molecule has 0 aromatic rings. The molecule has 0 saturated carbocycles. The normalized spacial score (nSPS) is 13.9. The number of rotatable bonds is 4. The van der Waals surface area contributed by atoms with Gasteiger partial charge in [-0.15, -0.1) is 0 Å². The standard InChI is InChI=1S/C9H13NO4/c1-5(2)8(12)14-9(4,13)6(3)7(10)11/h13H,1,3H2,2,4H3,(H2,10,11). The summed E-state index contributed by atoms with van der Waals surface area (Å²) in [5.74, 6) is -3.86. The van der Waals surface area contributed by atoms with Crippen LogP contribution in [0, 0.1) is 0 Å². The molecule has 1 amide bonds. The monoisotopic (exact) mass is 199 g/mol. The number of ether oxygens (including phenoxy) is 1. The molecular formula is C9H13NO4. The molecular weight excluding hydrogens is 186 g/mol. The Hall–Kier alpha value is -1.62. The van der Waals surface area contributed by atoms with Gasteiger partial charge in [-0.05, 0) is 6.92 Å². The van der Waals surface area contributed by atoms with E-state index in [2.05, 4.69) is 17.9 Å². The van der Waals surface area contributed by atoms with E-state index < -0.39 is 23.2 Å². The first kappa shape index (κ1) is 12.4. The molecule has 0 rings (SSSR count). The Bertz CT molecular complexity index is 304. The van der Waals surface area contributed by atoms with E-state index in [4.69, 9.17) is 5.73 Å². The van der Waals surface area contributed by atoms with Gasteiger partial charge in [0.05, 0.1) is 5.57 Å². The zero-order valence-corrected chi connectivity index (χ0v) is 8.16. The highest BCUT2D eigenvalue weighted by Gasteiger charge is 2.32. The van der Waals surface area contributed by atoms with Crippen LogP contribution in [0.1, 0.15) is 13.8 Å². The van der Waals surface area contributed by atoms with Gasteiger partial charge in [0.25, 0.3) is 5.91 Å². The summed E-state index contributed by atoms with van der Waals surface area (Å²) in [5.41, 5.74) is 4.57. The number of carbonyl (C=O) groups is 2. The van der Waals surface area contributed by atoms with Crippen molar-refractivity contribution in [2.75, 3.05) is 0 Å². The minimum absolute atomic E-state index is 0.0996. The Labute approximate surface area is 81.9 Å². The predicted molar refractivity (Wildman–Crippen MR) is 49.9 cm³/mol. The summed E-state index contributed by atoms with van der Waals surface area (Å²) in [6, 6.07) is 0. The molecule has 0 saturated heterocycles. The fourth-order valence-electron chi connectivity index (χ4n) is 0.558. The lowest BCUT2D eigenvalue weighted by molar-refractivity contribution is -0.184. The molecule has 14 heavy (non-hydrogen) atoms. The van der Waals surface area contributed by atoms with E-state index >= 15 is 0 Å². The molecule has 1 unspecified atom stereocenters. The summed E-state index contributed by atoms with van der Waals surface area (Å²) in [4.78, 5) is 21.7. The molecule has 5 nitrogen and oxygen atoms in total. The van der Waals surface area contributed by atoms with Gasteiger partial charge in [-0.2, -0.15) is 0 Å². The van der Waals surface area contributed by atoms with Crippen LogP contribution in [-0.2, 0) is 14.3 Å². The summed E-state index contributed by atoms with van der Waals surface area (Å²) in [7, 11) is 0. The first-order valence-corrected chi connectivity index (χ1v) is 3.79. The molecule has 3 N–H and O–H groups in total. The van der Waals surface area contributed by atoms with Crippen molar-refractivity contribution >= 4 is 11.9 Å². The van der Waals surface area contributed by atoms with E-state index in [9.17, 15) is 14.7 Å². The van der Waals surface area contributed by atoms with Gasteiger partial charge in [-0.3, -0.25) is 4.79 Å². The van der Waals surface area contributed by atoms with Gasteiger partial charge in [0.2, 0.25) is 5.79 Å². The van der Waals surface area contributed by atoms with Crippen molar-refractivity contribution in [2.45, 2.75) is 19.6 Å². The second kappa shape index (κ2) is 4.06. The highest BCUT2D eigenvalue weighted by atomic mass is 16.7. The summed E-state index contributed by atoms with van der Waals surface area (Å²) in [6.07, 6.45) is 0. The third-order valence-electron chi connectivity index (χ3n) is 1.50. The second-order valence-electron chi connectivity index (χ2n) is 3.00. The highest BCUT2D eigenvalue weighted by molar-refractivity contribution is 5.94. The van der Waals surface area contributed by atoms with Crippen molar-refractivity contribution in [2.24, 2.45) is 5.73 Å². The Morgan fingerprint density at radius 3 is 2.14 bits per heavy atom. The van der Waals surface area contributed by atoms with Crippen LogP contribution in [0.5, 0.6) is 0 Å². The van der Waals surface area contributed by atoms with Gasteiger partial charge in [0.15, 0.2) is 0 Å². The van der Waals surface area contributed by atoms with Crippen LogP contribution in [0.4, 0.5) is 0 Å². The minimum Gasteiger partial charge on any atom is -0.426 e. The van der Waals surface area contributed by atoms with Crippen molar-refractivity contribution in [3.63, 3.8) is 0 Å². The zero-order chi connectivity index (χ0) is 11.5. The average Bonchev–Trinajstić information content (AvgIpc) is 2.01. The van der Waals surface area contributed by atoms with Crippen LogP contribution >= 0.6 is 0 Å². The summed E-state index contributed by atoms with van der Waals surface area (Å²) < 4.78 is 4.54. The fourth-order valence-corrected chi connectivity index (χ4v) is 0.558. The van der Waals surface area contributed by atoms with Crippen molar-refractivity contribution < 1.29 is 19.4 Å². The maximum atomic E-state index is 11.0. The molecule has 5 heteroatoms. The molecule has 0 aliphatic heterocycles. The van der Waals surface area contributed by atoms with Gasteiger partial charge in [-0.25, -0.2) is 4.79 Å². The maximum Gasteiger partial charge on any atom is 0.335 e. The molecule has 0 aliphatic carbocycles. The lowest BCUT2D eigenvalue weighted by atomic mass is 10.1. The van der Waals surface area contributed by atoms with E-state index in [1.54, 1.807) is 0 Å². The number of hydrogen-bond donors (Lipinski definition) is 2. The predicted octanol–water partition coefficient (Wildman–Crippen LogP) is -0.144. The lowest BCUT2D eigenvalue weighted by Crippen LogP contribution is -2.38. The molecule has 0 aromatic heterocycles. The summed E-state index contributed by atoms with van der Waals surface area (Å²) >= 11 is 0. The first-order chi connectivity index (χ1) is 6.18. The van der Waals surface area contributed by atoms with Crippen molar-refractivity contribution in [1.29, 1.82) is 0 Å². The molecule has 78 valence electrons. The number of esters is 1. The molecule has 1 atom stereocenters. The average molecular weight is 199 g/mol. The van der Waals surface area contributed by atoms with Gasteiger partial charge < -0.3 is 15.6 Å². The van der Waals surface area contributed by atoms with E-state index in [0.717, 1.165) is 6.92 Å². The number of nitrogens with two attached hydrogens (primary N) is 1. The van der Waals surface area contributed by atoms with Crippen molar-refractivity contribution in [3.05, 3.63) is 24.3 Å². The van der Waals surface area contributed by atoms with E-state index in [0.29, 0.717) is 0 Å². The van der Waals surface area contributed by atoms with Crippen LogP contribution in [0.2, 0.25) is 0 Å². The molecule has 0 aromatic carbocycles. The van der Waals surface area contributed by atoms with Crippen LogP contribution < -0.4 is 5.73 Å². The molecule has 0 heterocycles. The topological polar surface area (TPSA) is 89.6 Å². The van der Waals surface area contributed by atoms with Crippen LogP contribution in [0.25, 0.3) is 0 Å². The number of aliphatic hydroxyl groups is 1. The molecule has 0 fully saturated rings. The quantitative estimate of drug-likeness (QED) is 0.374. The Morgan fingerprint density at radius 2 is 1.86 bits per heavy atom.